The number of rotatable bonds is 6. The van der Waals surface area contributed by atoms with E-state index in [1.807, 2.05) is 42.5 Å². The Morgan fingerprint density at radius 1 is 1.12 bits per heavy atom. The molecule has 6 heteroatoms. The molecule has 2 aromatic rings. The third kappa shape index (κ3) is 4.93. The summed E-state index contributed by atoms with van der Waals surface area (Å²) >= 11 is 0. The molecule has 6 nitrogen and oxygen atoms in total. The van der Waals surface area contributed by atoms with Gasteiger partial charge in [-0.2, -0.15) is 0 Å². The summed E-state index contributed by atoms with van der Waals surface area (Å²) in [6.07, 6.45) is 1.80. The Hall–Kier alpha value is -2.60. The molecule has 2 heterocycles. The summed E-state index contributed by atoms with van der Waals surface area (Å²) < 4.78 is 5.47. The number of hydrogen-bond acceptors (Lipinski definition) is 5. The van der Waals surface area contributed by atoms with Crippen LogP contribution in [0.5, 0.6) is 5.75 Å². The molecule has 1 aliphatic heterocycles. The molecule has 1 aromatic carbocycles. The second-order valence-corrected chi connectivity index (χ2v) is 6.15. The van der Waals surface area contributed by atoms with E-state index < -0.39 is 0 Å². The first kappa shape index (κ1) is 17.2. The van der Waals surface area contributed by atoms with E-state index in [1.54, 1.807) is 6.20 Å². The highest BCUT2D eigenvalue weighted by Crippen LogP contribution is 2.18. The van der Waals surface area contributed by atoms with Gasteiger partial charge in [-0.15, -0.1) is 0 Å². The van der Waals surface area contributed by atoms with E-state index in [1.165, 1.54) is 0 Å². The van der Waals surface area contributed by atoms with Gasteiger partial charge in [-0.3, -0.25) is 4.79 Å². The van der Waals surface area contributed by atoms with Gasteiger partial charge in [0.25, 0.3) is 5.91 Å². The summed E-state index contributed by atoms with van der Waals surface area (Å²) in [7, 11) is 2.13. The van der Waals surface area contributed by atoms with Crippen LogP contribution in [0.1, 0.15) is 5.56 Å². The van der Waals surface area contributed by atoms with Gasteiger partial charge in [0, 0.05) is 44.5 Å². The maximum atomic E-state index is 12.0. The quantitative estimate of drug-likeness (QED) is 0.864. The van der Waals surface area contributed by atoms with Gasteiger partial charge in [0.1, 0.15) is 11.6 Å². The Balaban J connectivity index is 1.53. The van der Waals surface area contributed by atoms with E-state index in [0.29, 0.717) is 12.3 Å². The fraction of sp³-hybridized carbons (Fsp3) is 0.368. The molecule has 0 spiro atoms. The van der Waals surface area contributed by atoms with Gasteiger partial charge >= 0.3 is 0 Å². The number of pyridine rings is 1. The molecular weight excluding hydrogens is 316 g/mol. The average molecular weight is 340 g/mol. The third-order valence-corrected chi connectivity index (χ3v) is 4.26. The maximum Gasteiger partial charge on any atom is 0.258 e. The van der Waals surface area contributed by atoms with Crippen molar-refractivity contribution in [2.45, 2.75) is 6.54 Å². The number of nitrogens with zero attached hydrogens (tertiary/aromatic N) is 3. The fourth-order valence-corrected chi connectivity index (χ4v) is 2.78. The highest BCUT2D eigenvalue weighted by Gasteiger charge is 2.18. The molecule has 0 aliphatic carbocycles. The topological polar surface area (TPSA) is 57.7 Å². The molecule has 0 radical (unpaired) electrons. The van der Waals surface area contributed by atoms with Crippen molar-refractivity contribution >= 4 is 11.7 Å². The molecule has 1 amide bonds. The van der Waals surface area contributed by atoms with Crippen LogP contribution in [-0.4, -0.2) is 55.6 Å². The minimum absolute atomic E-state index is 0.00805. The highest BCUT2D eigenvalue weighted by molar-refractivity contribution is 5.77. The average Bonchev–Trinajstić information content (AvgIpc) is 2.66. The van der Waals surface area contributed by atoms with Crippen LogP contribution in [0.15, 0.2) is 48.7 Å². The smallest absolute Gasteiger partial charge is 0.258 e. The fourth-order valence-electron chi connectivity index (χ4n) is 2.78. The maximum absolute atomic E-state index is 12.0. The van der Waals surface area contributed by atoms with Gasteiger partial charge < -0.3 is 19.9 Å². The first-order valence-electron chi connectivity index (χ1n) is 8.54. The second-order valence-electron chi connectivity index (χ2n) is 6.15. The number of likely N-dealkylation sites (N-methyl/N-ethyl adjacent to an activating group) is 1. The Kier molecular flexibility index (Phi) is 5.85. The molecule has 3 rings (SSSR count). The summed E-state index contributed by atoms with van der Waals surface area (Å²) in [5.74, 6) is 1.51. The summed E-state index contributed by atoms with van der Waals surface area (Å²) in [6, 6.07) is 13.3. The Bertz CT molecular complexity index is 685. The minimum atomic E-state index is -0.142. The monoisotopic (exact) mass is 340 g/mol. The standard InChI is InChI=1S/C19H24N4O2/c1-22-10-12-23(13-11-22)19-16(6-5-9-20-19)14-21-18(24)15-25-17-7-3-2-4-8-17/h2-9H,10-15H2,1H3,(H,21,24). The number of para-hydroxylation sites is 1. The lowest BCUT2D eigenvalue weighted by Gasteiger charge is -2.34. The lowest BCUT2D eigenvalue weighted by molar-refractivity contribution is -0.123. The predicted octanol–water partition coefficient (Wildman–Crippen LogP) is 1.53. The van der Waals surface area contributed by atoms with E-state index >= 15 is 0 Å². The second kappa shape index (κ2) is 8.48. The largest absolute Gasteiger partial charge is 0.484 e. The van der Waals surface area contributed by atoms with E-state index in [4.69, 9.17) is 4.74 Å². The number of carbonyl (C=O) groups excluding carboxylic acids is 1. The van der Waals surface area contributed by atoms with Gasteiger partial charge in [0.15, 0.2) is 6.61 Å². The highest BCUT2D eigenvalue weighted by atomic mass is 16.5. The Morgan fingerprint density at radius 3 is 2.64 bits per heavy atom. The van der Waals surface area contributed by atoms with Crippen LogP contribution in [-0.2, 0) is 11.3 Å². The van der Waals surface area contributed by atoms with Crippen LogP contribution >= 0.6 is 0 Å². The molecule has 1 fully saturated rings. The number of hydrogen-bond donors (Lipinski definition) is 1. The number of aromatic nitrogens is 1. The number of piperazine rings is 1. The molecule has 0 bridgehead atoms. The first-order chi connectivity index (χ1) is 12.2. The van der Waals surface area contributed by atoms with Crippen molar-refractivity contribution in [3.05, 3.63) is 54.2 Å². The van der Waals surface area contributed by atoms with E-state index in [0.717, 1.165) is 37.6 Å². The first-order valence-corrected chi connectivity index (χ1v) is 8.54. The van der Waals surface area contributed by atoms with Crippen molar-refractivity contribution in [1.82, 2.24) is 15.2 Å². The van der Waals surface area contributed by atoms with E-state index in [-0.39, 0.29) is 12.5 Å². The Labute approximate surface area is 148 Å². The zero-order chi connectivity index (χ0) is 17.5. The molecule has 0 unspecified atom stereocenters. The van der Waals surface area contributed by atoms with Crippen molar-refractivity contribution in [3.63, 3.8) is 0 Å². The molecule has 1 aliphatic rings. The predicted molar refractivity (Wildman–Crippen MR) is 97.7 cm³/mol. The normalized spacial score (nSPS) is 15.0. The molecule has 132 valence electrons. The van der Waals surface area contributed by atoms with Gasteiger partial charge in [-0.05, 0) is 25.2 Å². The van der Waals surface area contributed by atoms with Crippen LogP contribution in [0.25, 0.3) is 0 Å². The number of nitrogens with one attached hydrogen (secondary N) is 1. The van der Waals surface area contributed by atoms with Gasteiger partial charge in [0.2, 0.25) is 0 Å². The van der Waals surface area contributed by atoms with Gasteiger partial charge in [-0.25, -0.2) is 4.98 Å². The van der Waals surface area contributed by atoms with Gasteiger partial charge in [0.05, 0.1) is 0 Å². The minimum Gasteiger partial charge on any atom is -0.484 e. The number of carbonyl (C=O) groups is 1. The van der Waals surface area contributed by atoms with Crippen LogP contribution < -0.4 is 15.0 Å². The van der Waals surface area contributed by atoms with Crippen LogP contribution in [0, 0.1) is 0 Å². The number of amides is 1. The lowest BCUT2D eigenvalue weighted by Crippen LogP contribution is -2.45. The summed E-state index contributed by atoms with van der Waals surface area (Å²) in [5.41, 5.74) is 1.03. The summed E-state index contributed by atoms with van der Waals surface area (Å²) in [6.45, 7) is 4.40. The Morgan fingerprint density at radius 2 is 1.88 bits per heavy atom. The van der Waals surface area contributed by atoms with Crippen molar-refractivity contribution in [2.75, 3.05) is 44.7 Å². The zero-order valence-electron chi connectivity index (χ0n) is 14.5. The molecule has 1 aromatic heterocycles. The van der Waals surface area contributed by atoms with Crippen LogP contribution in [0.3, 0.4) is 0 Å². The van der Waals surface area contributed by atoms with E-state index in [9.17, 15) is 4.79 Å². The lowest BCUT2D eigenvalue weighted by atomic mass is 10.2. The van der Waals surface area contributed by atoms with Gasteiger partial charge in [-0.1, -0.05) is 24.3 Å². The van der Waals surface area contributed by atoms with Crippen LogP contribution in [0.2, 0.25) is 0 Å². The number of ether oxygens (including phenoxy) is 1. The van der Waals surface area contributed by atoms with E-state index in [2.05, 4.69) is 27.1 Å². The zero-order valence-corrected chi connectivity index (χ0v) is 14.5. The molecule has 1 saturated heterocycles. The van der Waals surface area contributed by atoms with Crippen molar-refractivity contribution < 1.29 is 9.53 Å². The molecule has 1 N–H and O–H groups in total. The number of anilines is 1. The van der Waals surface area contributed by atoms with Crippen LogP contribution in [0.4, 0.5) is 5.82 Å². The molecule has 25 heavy (non-hydrogen) atoms. The molecule has 0 saturated carbocycles. The summed E-state index contributed by atoms with van der Waals surface area (Å²) in [5, 5.41) is 2.92. The SMILES string of the molecule is CN1CCN(c2ncccc2CNC(=O)COc2ccccc2)CC1. The summed E-state index contributed by atoms with van der Waals surface area (Å²) in [4.78, 5) is 21.2. The van der Waals surface area contributed by atoms with Crippen molar-refractivity contribution in [2.24, 2.45) is 0 Å². The molecule has 0 atom stereocenters. The van der Waals surface area contributed by atoms with Crippen molar-refractivity contribution in [3.8, 4) is 5.75 Å². The third-order valence-electron chi connectivity index (χ3n) is 4.26. The molecular formula is C19H24N4O2. The number of benzene rings is 1. The van der Waals surface area contributed by atoms with Crippen molar-refractivity contribution in [1.29, 1.82) is 0 Å².